The van der Waals surface area contributed by atoms with Crippen LogP contribution in [0.5, 0.6) is 5.75 Å². The molecule has 5 rings (SSSR count). The van der Waals surface area contributed by atoms with Crippen LogP contribution in [-0.2, 0) is 11.3 Å². The van der Waals surface area contributed by atoms with E-state index < -0.39 is 0 Å². The zero-order valence-corrected chi connectivity index (χ0v) is 20.3. The fourth-order valence-electron chi connectivity index (χ4n) is 4.69. The summed E-state index contributed by atoms with van der Waals surface area (Å²) in [5, 5.41) is 0.663. The lowest BCUT2D eigenvalue weighted by molar-refractivity contribution is -0.125. The lowest BCUT2D eigenvalue weighted by Crippen LogP contribution is -2.30. The van der Waals surface area contributed by atoms with Crippen LogP contribution in [0.4, 0.5) is 4.79 Å². The summed E-state index contributed by atoms with van der Waals surface area (Å²) in [6, 6.07) is 7.59. The Labute approximate surface area is 202 Å². The number of likely N-dealkylation sites (N-methyl/N-ethyl adjacent to an activating group) is 1. The summed E-state index contributed by atoms with van der Waals surface area (Å²) in [4.78, 5) is 32.7. The zero-order valence-electron chi connectivity index (χ0n) is 18.8. The third-order valence-electron chi connectivity index (χ3n) is 6.37. The summed E-state index contributed by atoms with van der Waals surface area (Å²) in [7, 11) is 1.64. The minimum atomic E-state index is -0.265. The number of aromatic nitrogens is 1. The largest absolute Gasteiger partial charge is 0.490 e. The van der Waals surface area contributed by atoms with Gasteiger partial charge in [0.05, 0.1) is 22.9 Å². The molecule has 1 saturated carbocycles. The average molecular weight is 484 g/mol. The Morgan fingerprint density at radius 1 is 1.15 bits per heavy atom. The summed E-state index contributed by atoms with van der Waals surface area (Å²) in [6.07, 6.45) is 7.82. The van der Waals surface area contributed by atoms with Crippen LogP contribution in [0.25, 0.3) is 21.3 Å². The van der Waals surface area contributed by atoms with Gasteiger partial charge in [0.1, 0.15) is 12.3 Å². The van der Waals surface area contributed by atoms with Gasteiger partial charge in [-0.15, -0.1) is 11.3 Å². The van der Waals surface area contributed by atoms with Crippen molar-refractivity contribution in [2.45, 2.75) is 51.7 Å². The second-order valence-corrected chi connectivity index (χ2v) is 10.5. The second-order valence-electron chi connectivity index (χ2n) is 8.88. The molecular formula is C25H26ClN3O3S. The molecule has 2 aliphatic rings. The highest BCUT2D eigenvalue weighted by molar-refractivity contribution is 7.19. The first-order valence-corrected chi connectivity index (χ1v) is 12.5. The van der Waals surface area contributed by atoms with Gasteiger partial charge in [-0.25, -0.2) is 4.79 Å². The van der Waals surface area contributed by atoms with Crippen molar-refractivity contribution >= 4 is 45.1 Å². The van der Waals surface area contributed by atoms with E-state index >= 15 is 0 Å². The summed E-state index contributed by atoms with van der Waals surface area (Å²) in [5.41, 5.74) is 3.81. The number of fused-ring (bicyclic) bond motifs is 1. The number of imide groups is 1. The normalized spacial score (nSPS) is 17.4. The number of ether oxygens (including phenoxy) is 1. The SMILES string of the molecule is Cc1cc(Cl)cc(-c2ccnc3cc(CN4C(=O)CN(C)C4=O)sc23)c1OC1CCCCC1. The molecule has 0 spiro atoms. The molecule has 1 aliphatic heterocycles. The van der Waals surface area contributed by atoms with Crippen molar-refractivity contribution in [2.24, 2.45) is 0 Å². The van der Waals surface area contributed by atoms with Crippen molar-refractivity contribution in [1.29, 1.82) is 0 Å². The van der Waals surface area contributed by atoms with E-state index in [1.54, 1.807) is 24.6 Å². The number of hydrogen-bond acceptors (Lipinski definition) is 5. The van der Waals surface area contributed by atoms with E-state index in [2.05, 4.69) is 4.98 Å². The third kappa shape index (κ3) is 4.32. The van der Waals surface area contributed by atoms with Gasteiger partial charge in [-0.3, -0.25) is 14.7 Å². The molecule has 172 valence electrons. The van der Waals surface area contributed by atoms with Crippen LogP contribution >= 0.6 is 22.9 Å². The number of aryl methyl sites for hydroxylation is 1. The molecular weight excluding hydrogens is 458 g/mol. The zero-order chi connectivity index (χ0) is 23.1. The number of thiophene rings is 1. The van der Waals surface area contributed by atoms with Gasteiger partial charge in [-0.2, -0.15) is 0 Å². The molecule has 8 heteroatoms. The van der Waals surface area contributed by atoms with E-state index in [1.807, 2.05) is 31.2 Å². The maximum atomic E-state index is 12.3. The lowest BCUT2D eigenvalue weighted by Gasteiger charge is -2.25. The number of carbonyl (C=O) groups is 2. The molecule has 3 heterocycles. The number of halogens is 1. The molecule has 0 N–H and O–H groups in total. The highest BCUT2D eigenvalue weighted by atomic mass is 35.5. The first kappa shape index (κ1) is 22.2. The molecule has 6 nitrogen and oxygen atoms in total. The number of hydrogen-bond donors (Lipinski definition) is 0. The van der Waals surface area contributed by atoms with Crippen LogP contribution < -0.4 is 4.74 Å². The second kappa shape index (κ2) is 8.95. The Hall–Kier alpha value is -2.64. The maximum absolute atomic E-state index is 12.3. The Morgan fingerprint density at radius 3 is 2.67 bits per heavy atom. The molecule has 0 atom stereocenters. The Kier molecular flexibility index (Phi) is 6.01. The van der Waals surface area contributed by atoms with Crippen molar-refractivity contribution in [3.8, 4) is 16.9 Å². The van der Waals surface area contributed by atoms with Gasteiger partial charge in [-0.05, 0) is 62.4 Å². The maximum Gasteiger partial charge on any atom is 0.327 e. The Morgan fingerprint density at radius 2 is 1.94 bits per heavy atom. The highest BCUT2D eigenvalue weighted by Crippen LogP contribution is 2.42. The van der Waals surface area contributed by atoms with Crippen LogP contribution in [0.1, 0.15) is 42.5 Å². The topological polar surface area (TPSA) is 62.7 Å². The number of pyridine rings is 1. The van der Waals surface area contributed by atoms with Gasteiger partial charge in [0, 0.05) is 34.3 Å². The molecule has 0 radical (unpaired) electrons. The predicted octanol–water partition coefficient (Wildman–Crippen LogP) is 6.03. The lowest BCUT2D eigenvalue weighted by atomic mass is 9.97. The van der Waals surface area contributed by atoms with Gasteiger partial charge in [0.15, 0.2) is 0 Å². The molecule has 1 saturated heterocycles. The Balaban J connectivity index is 1.54. The van der Waals surface area contributed by atoms with Crippen molar-refractivity contribution < 1.29 is 14.3 Å². The van der Waals surface area contributed by atoms with Gasteiger partial charge in [-0.1, -0.05) is 18.0 Å². The molecule has 3 amide bonds. The van der Waals surface area contributed by atoms with Gasteiger partial charge >= 0.3 is 6.03 Å². The molecule has 2 aromatic heterocycles. The van der Waals surface area contributed by atoms with Crippen molar-refractivity contribution in [3.63, 3.8) is 0 Å². The number of amides is 3. The van der Waals surface area contributed by atoms with Crippen LogP contribution in [0, 0.1) is 6.92 Å². The van der Waals surface area contributed by atoms with E-state index in [-0.39, 0.29) is 31.1 Å². The molecule has 2 fully saturated rings. The highest BCUT2D eigenvalue weighted by Gasteiger charge is 2.34. The first-order valence-electron chi connectivity index (χ1n) is 11.3. The summed E-state index contributed by atoms with van der Waals surface area (Å²) < 4.78 is 7.55. The van der Waals surface area contributed by atoms with Gasteiger partial charge in [0.2, 0.25) is 0 Å². The van der Waals surface area contributed by atoms with Crippen LogP contribution in [0.2, 0.25) is 5.02 Å². The molecule has 1 aromatic carbocycles. The van der Waals surface area contributed by atoms with Crippen molar-refractivity contribution in [3.05, 3.63) is 45.9 Å². The van der Waals surface area contributed by atoms with Crippen molar-refractivity contribution in [2.75, 3.05) is 13.6 Å². The van der Waals surface area contributed by atoms with Crippen LogP contribution in [0.15, 0.2) is 30.5 Å². The molecule has 0 bridgehead atoms. The molecule has 3 aromatic rings. The first-order chi connectivity index (χ1) is 15.9. The minimum Gasteiger partial charge on any atom is -0.490 e. The number of benzene rings is 1. The predicted molar refractivity (Wildman–Crippen MR) is 131 cm³/mol. The summed E-state index contributed by atoms with van der Waals surface area (Å²) >= 11 is 8.03. The van der Waals surface area contributed by atoms with E-state index in [1.165, 1.54) is 29.1 Å². The third-order valence-corrected chi connectivity index (χ3v) is 7.73. The monoisotopic (exact) mass is 483 g/mol. The summed E-state index contributed by atoms with van der Waals surface area (Å²) in [5.74, 6) is 0.696. The van der Waals surface area contributed by atoms with E-state index in [9.17, 15) is 9.59 Å². The Bertz CT molecular complexity index is 1240. The smallest absolute Gasteiger partial charge is 0.327 e. The number of urea groups is 1. The average Bonchev–Trinajstić information content (AvgIpc) is 3.31. The fraction of sp³-hybridized carbons (Fsp3) is 0.400. The van der Waals surface area contributed by atoms with Crippen LogP contribution in [0.3, 0.4) is 0 Å². The van der Waals surface area contributed by atoms with Crippen molar-refractivity contribution in [1.82, 2.24) is 14.8 Å². The fourth-order valence-corrected chi connectivity index (χ4v) is 6.10. The van der Waals surface area contributed by atoms with E-state index in [0.717, 1.165) is 50.4 Å². The van der Waals surface area contributed by atoms with Crippen LogP contribution in [-0.4, -0.2) is 46.4 Å². The molecule has 0 unspecified atom stereocenters. The minimum absolute atomic E-state index is 0.122. The summed E-state index contributed by atoms with van der Waals surface area (Å²) in [6.45, 7) is 2.41. The molecule has 1 aliphatic carbocycles. The molecule has 33 heavy (non-hydrogen) atoms. The quantitative estimate of drug-likeness (QED) is 0.415. The van der Waals surface area contributed by atoms with Gasteiger partial charge < -0.3 is 9.64 Å². The number of carbonyl (C=O) groups excluding carboxylic acids is 2. The van der Waals surface area contributed by atoms with E-state index in [0.29, 0.717) is 5.02 Å². The number of nitrogens with zero attached hydrogens (tertiary/aromatic N) is 3. The van der Waals surface area contributed by atoms with E-state index in [4.69, 9.17) is 16.3 Å². The standard InChI is InChI=1S/C25H26ClN3O3S/c1-15-10-16(26)11-20(23(15)32-17-6-4-3-5-7-17)19-8-9-27-21-12-18(33-24(19)21)13-29-22(30)14-28(2)25(29)31/h8-12,17H,3-7,13-14H2,1-2H3. The number of rotatable bonds is 5. The van der Waals surface area contributed by atoms with Gasteiger partial charge in [0.25, 0.3) is 5.91 Å².